The summed E-state index contributed by atoms with van der Waals surface area (Å²) in [5.74, 6) is 1.85. The van der Waals surface area contributed by atoms with Gasteiger partial charge in [-0.25, -0.2) is 9.97 Å². The Morgan fingerprint density at radius 1 is 1.10 bits per heavy atom. The molecule has 5 nitrogen and oxygen atoms in total. The molecule has 0 aliphatic heterocycles. The van der Waals surface area contributed by atoms with Gasteiger partial charge >= 0.3 is 0 Å². The minimum Gasteiger partial charge on any atom is -0.384 e. The van der Waals surface area contributed by atoms with E-state index in [1.165, 1.54) is 5.69 Å². The molecule has 2 rings (SSSR count). The molecule has 0 atom stereocenters. The minimum absolute atomic E-state index is 0.472. The van der Waals surface area contributed by atoms with Crippen LogP contribution >= 0.6 is 0 Å². The Kier molecular flexibility index (Phi) is 4.40. The Hall–Kier alpha value is -2.30. The smallest absolute Gasteiger partial charge is 0.136 e. The quantitative estimate of drug-likeness (QED) is 0.875. The van der Waals surface area contributed by atoms with Gasteiger partial charge in [-0.3, -0.25) is 0 Å². The van der Waals surface area contributed by atoms with Crippen molar-refractivity contribution in [2.75, 3.05) is 29.0 Å². The highest BCUT2D eigenvalue weighted by Crippen LogP contribution is 2.20. The first-order chi connectivity index (χ1) is 9.62. The maximum absolute atomic E-state index is 5.72. The first kappa shape index (κ1) is 14.1. The van der Waals surface area contributed by atoms with E-state index >= 15 is 0 Å². The molecule has 0 bridgehead atoms. The maximum Gasteiger partial charge on any atom is 0.136 e. The van der Waals surface area contributed by atoms with E-state index < -0.39 is 0 Å². The molecule has 106 valence electrons. The molecule has 0 saturated heterocycles. The van der Waals surface area contributed by atoms with Crippen molar-refractivity contribution in [3.05, 3.63) is 36.2 Å². The highest BCUT2D eigenvalue weighted by Gasteiger charge is 2.03. The second kappa shape index (κ2) is 6.23. The van der Waals surface area contributed by atoms with E-state index in [0.717, 1.165) is 18.8 Å². The van der Waals surface area contributed by atoms with Crippen molar-refractivity contribution in [2.24, 2.45) is 0 Å². The Bertz CT molecular complexity index is 541. The van der Waals surface area contributed by atoms with Crippen LogP contribution in [0.3, 0.4) is 0 Å². The number of aryl methyl sites for hydroxylation is 1. The lowest BCUT2D eigenvalue weighted by atomic mass is 10.2. The normalized spacial score (nSPS) is 10.3. The van der Waals surface area contributed by atoms with Crippen molar-refractivity contribution < 1.29 is 0 Å². The maximum atomic E-state index is 5.72. The molecular formula is C15H21N5. The molecule has 0 fully saturated rings. The Morgan fingerprint density at radius 2 is 1.75 bits per heavy atom. The van der Waals surface area contributed by atoms with Gasteiger partial charge in [0.05, 0.1) is 0 Å². The lowest BCUT2D eigenvalue weighted by Crippen LogP contribution is -2.21. The average Bonchev–Trinajstić information content (AvgIpc) is 2.41. The van der Waals surface area contributed by atoms with Crippen molar-refractivity contribution in [3.63, 3.8) is 0 Å². The van der Waals surface area contributed by atoms with Crippen molar-refractivity contribution >= 4 is 23.0 Å². The number of rotatable bonds is 5. The van der Waals surface area contributed by atoms with Crippen molar-refractivity contribution in [2.45, 2.75) is 20.8 Å². The second-order valence-corrected chi connectivity index (χ2v) is 4.57. The monoisotopic (exact) mass is 271 g/mol. The number of nitrogen functional groups attached to an aromatic ring is 1. The van der Waals surface area contributed by atoms with Crippen LogP contribution < -0.4 is 16.0 Å². The van der Waals surface area contributed by atoms with Crippen LogP contribution in [-0.2, 0) is 0 Å². The van der Waals surface area contributed by atoms with Gasteiger partial charge in [0.25, 0.3) is 0 Å². The standard InChI is InChI=1S/C15H21N5/c1-4-20(5-2)13-8-6-12(7-9-13)19-15-10-14(16)17-11(3)18-15/h6-10H,4-5H2,1-3H3,(H3,16,17,18,19). The second-order valence-electron chi connectivity index (χ2n) is 4.57. The summed E-state index contributed by atoms with van der Waals surface area (Å²) >= 11 is 0. The lowest BCUT2D eigenvalue weighted by Gasteiger charge is -2.21. The van der Waals surface area contributed by atoms with Gasteiger partial charge in [-0.1, -0.05) is 0 Å². The molecule has 0 spiro atoms. The molecule has 1 aromatic heterocycles. The van der Waals surface area contributed by atoms with Gasteiger partial charge in [-0.15, -0.1) is 0 Å². The van der Waals surface area contributed by atoms with Crippen LogP contribution in [0.15, 0.2) is 30.3 Å². The highest BCUT2D eigenvalue weighted by molar-refractivity contribution is 5.62. The van der Waals surface area contributed by atoms with Crippen LogP contribution in [0.4, 0.5) is 23.0 Å². The summed E-state index contributed by atoms with van der Waals surface area (Å²) in [6, 6.07) is 10.0. The third-order valence-electron chi connectivity index (χ3n) is 3.13. The third-order valence-corrected chi connectivity index (χ3v) is 3.13. The van der Waals surface area contributed by atoms with E-state index in [-0.39, 0.29) is 0 Å². The van der Waals surface area contributed by atoms with Crippen LogP contribution in [0.2, 0.25) is 0 Å². The summed E-state index contributed by atoms with van der Waals surface area (Å²) in [5.41, 5.74) is 7.92. The first-order valence-electron chi connectivity index (χ1n) is 6.85. The Balaban J connectivity index is 2.14. The van der Waals surface area contributed by atoms with E-state index in [2.05, 4.69) is 46.2 Å². The number of aromatic nitrogens is 2. The number of nitrogens with two attached hydrogens (primary N) is 1. The van der Waals surface area contributed by atoms with Gasteiger partial charge in [0.1, 0.15) is 17.5 Å². The summed E-state index contributed by atoms with van der Waals surface area (Å²) in [6.07, 6.45) is 0. The highest BCUT2D eigenvalue weighted by atomic mass is 15.1. The number of nitrogens with zero attached hydrogens (tertiary/aromatic N) is 3. The summed E-state index contributed by atoms with van der Waals surface area (Å²) in [5, 5.41) is 3.24. The molecule has 0 unspecified atom stereocenters. The fourth-order valence-corrected chi connectivity index (χ4v) is 2.15. The van der Waals surface area contributed by atoms with E-state index in [4.69, 9.17) is 5.73 Å². The molecule has 5 heteroatoms. The molecular weight excluding hydrogens is 250 g/mol. The van der Waals surface area contributed by atoms with Gasteiger partial charge in [-0.05, 0) is 45.0 Å². The van der Waals surface area contributed by atoms with Gasteiger partial charge in [0.15, 0.2) is 0 Å². The average molecular weight is 271 g/mol. The number of nitrogens with one attached hydrogen (secondary N) is 1. The van der Waals surface area contributed by atoms with E-state index in [1.54, 1.807) is 6.07 Å². The molecule has 0 saturated carbocycles. The molecule has 20 heavy (non-hydrogen) atoms. The van der Waals surface area contributed by atoms with Crippen LogP contribution in [0.1, 0.15) is 19.7 Å². The first-order valence-corrected chi connectivity index (χ1v) is 6.85. The van der Waals surface area contributed by atoms with Crippen molar-refractivity contribution in [1.82, 2.24) is 9.97 Å². The van der Waals surface area contributed by atoms with Crippen LogP contribution in [0, 0.1) is 6.92 Å². The largest absolute Gasteiger partial charge is 0.384 e. The summed E-state index contributed by atoms with van der Waals surface area (Å²) in [7, 11) is 0. The SMILES string of the molecule is CCN(CC)c1ccc(Nc2cc(N)nc(C)n2)cc1. The number of anilines is 4. The molecule has 0 aliphatic carbocycles. The predicted molar refractivity (Wildman–Crippen MR) is 84.5 cm³/mol. The van der Waals surface area contributed by atoms with E-state index in [0.29, 0.717) is 17.5 Å². The Morgan fingerprint density at radius 3 is 2.30 bits per heavy atom. The van der Waals surface area contributed by atoms with Gasteiger partial charge in [0, 0.05) is 30.5 Å². The predicted octanol–water partition coefficient (Wildman–Crippen LogP) is 2.96. The molecule has 1 heterocycles. The molecule has 2 aromatic rings. The minimum atomic E-state index is 0.472. The van der Waals surface area contributed by atoms with Crippen LogP contribution in [0.25, 0.3) is 0 Å². The zero-order valence-corrected chi connectivity index (χ0v) is 12.2. The molecule has 3 N–H and O–H groups in total. The van der Waals surface area contributed by atoms with Gasteiger partial charge < -0.3 is 16.0 Å². The van der Waals surface area contributed by atoms with Gasteiger partial charge in [-0.2, -0.15) is 0 Å². The molecule has 0 aliphatic rings. The summed E-state index contributed by atoms with van der Waals surface area (Å²) in [4.78, 5) is 10.7. The van der Waals surface area contributed by atoms with E-state index in [9.17, 15) is 0 Å². The summed E-state index contributed by atoms with van der Waals surface area (Å²) < 4.78 is 0. The number of benzene rings is 1. The third kappa shape index (κ3) is 3.38. The molecule has 0 amide bonds. The Labute approximate surface area is 119 Å². The van der Waals surface area contributed by atoms with E-state index in [1.807, 2.05) is 19.1 Å². The van der Waals surface area contributed by atoms with Gasteiger partial charge in [0.2, 0.25) is 0 Å². The summed E-state index contributed by atoms with van der Waals surface area (Å²) in [6.45, 7) is 8.14. The number of hydrogen-bond acceptors (Lipinski definition) is 5. The lowest BCUT2D eigenvalue weighted by molar-refractivity contribution is 0.866. The fourth-order valence-electron chi connectivity index (χ4n) is 2.15. The number of hydrogen-bond donors (Lipinski definition) is 2. The fraction of sp³-hybridized carbons (Fsp3) is 0.333. The molecule has 1 aromatic carbocycles. The zero-order valence-electron chi connectivity index (χ0n) is 12.2. The topological polar surface area (TPSA) is 67.1 Å². The zero-order chi connectivity index (χ0) is 14.5. The molecule has 0 radical (unpaired) electrons. The van der Waals surface area contributed by atoms with Crippen molar-refractivity contribution in [1.29, 1.82) is 0 Å². The van der Waals surface area contributed by atoms with Crippen LogP contribution in [0.5, 0.6) is 0 Å². The van der Waals surface area contributed by atoms with Crippen molar-refractivity contribution in [3.8, 4) is 0 Å². The van der Waals surface area contributed by atoms with Crippen LogP contribution in [-0.4, -0.2) is 23.1 Å².